The highest BCUT2D eigenvalue weighted by Gasteiger charge is 2.02. The monoisotopic (exact) mass is 227 g/mol. The minimum atomic E-state index is 0.699. The van der Waals surface area contributed by atoms with Gasteiger partial charge in [-0.1, -0.05) is 24.6 Å². The standard InChI is InChI=1S/C12H18ClNO/c1-2-8-15-11-6-5-10(4-3-7-14)12(13)9-11/h5-6,9H,2-4,7-8,14H2,1H3. The van der Waals surface area contributed by atoms with Crippen molar-refractivity contribution in [3.8, 4) is 5.75 Å². The fraction of sp³-hybridized carbons (Fsp3) is 0.500. The first-order chi connectivity index (χ1) is 7.27. The summed E-state index contributed by atoms with van der Waals surface area (Å²) >= 11 is 6.12. The van der Waals surface area contributed by atoms with Gasteiger partial charge in [0.05, 0.1) is 6.61 Å². The van der Waals surface area contributed by atoms with Gasteiger partial charge >= 0.3 is 0 Å². The fourth-order valence-corrected chi connectivity index (χ4v) is 1.60. The molecule has 0 bridgehead atoms. The van der Waals surface area contributed by atoms with Crippen molar-refractivity contribution in [2.75, 3.05) is 13.2 Å². The third-order valence-electron chi connectivity index (χ3n) is 2.15. The molecule has 2 nitrogen and oxygen atoms in total. The summed E-state index contributed by atoms with van der Waals surface area (Å²) in [6, 6.07) is 5.86. The summed E-state index contributed by atoms with van der Waals surface area (Å²) in [7, 11) is 0. The van der Waals surface area contributed by atoms with Gasteiger partial charge in [0.15, 0.2) is 0 Å². The minimum absolute atomic E-state index is 0.699. The second kappa shape index (κ2) is 6.70. The Balaban J connectivity index is 2.61. The van der Waals surface area contributed by atoms with Crippen molar-refractivity contribution in [3.63, 3.8) is 0 Å². The lowest BCUT2D eigenvalue weighted by molar-refractivity contribution is 0.317. The van der Waals surface area contributed by atoms with E-state index in [9.17, 15) is 0 Å². The first-order valence-electron chi connectivity index (χ1n) is 5.39. The van der Waals surface area contributed by atoms with Gasteiger partial charge in [-0.2, -0.15) is 0 Å². The van der Waals surface area contributed by atoms with E-state index >= 15 is 0 Å². The summed E-state index contributed by atoms with van der Waals surface area (Å²) in [6.45, 7) is 3.51. The second-order valence-electron chi connectivity index (χ2n) is 3.49. The van der Waals surface area contributed by atoms with Crippen LogP contribution in [-0.2, 0) is 6.42 Å². The maximum absolute atomic E-state index is 6.12. The summed E-state index contributed by atoms with van der Waals surface area (Å²) in [5.74, 6) is 0.846. The normalized spacial score (nSPS) is 10.3. The number of rotatable bonds is 6. The van der Waals surface area contributed by atoms with E-state index in [2.05, 4.69) is 6.92 Å². The molecule has 0 aliphatic carbocycles. The van der Waals surface area contributed by atoms with Crippen LogP contribution in [0.3, 0.4) is 0 Å². The molecule has 3 heteroatoms. The summed E-state index contributed by atoms with van der Waals surface area (Å²) in [4.78, 5) is 0. The highest BCUT2D eigenvalue weighted by molar-refractivity contribution is 6.31. The zero-order chi connectivity index (χ0) is 11.1. The van der Waals surface area contributed by atoms with Crippen LogP contribution in [0.5, 0.6) is 5.75 Å². The molecule has 15 heavy (non-hydrogen) atoms. The highest BCUT2D eigenvalue weighted by Crippen LogP contribution is 2.23. The Labute approximate surface area is 96.4 Å². The van der Waals surface area contributed by atoms with Crippen LogP contribution < -0.4 is 10.5 Å². The Kier molecular flexibility index (Phi) is 5.51. The van der Waals surface area contributed by atoms with Crippen LogP contribution in [0.4, 0.5) is 0 Å². The van der Waals surface area contributed by atoms with Gasteiger partial charge in [0.2, 0.25) is 0 Å². The first kappa shape index (κ1) is 12.3. The summed E-state index contributed by atoms with van der Waals surface area (Å²) in [6.07, 6.45) is 2.91. The Bertz CT molecular complexity index is 302. The van der Waals surface area contributed by atoms with Crippen LogP contribution in [0.25, 0.3) is 0 Å². The van der Waals surface area contributed by atoms with Gasteiger partial charge in [0.1, 0.15) is 5.75 Å². The van der Waals surface area contributed by atoms with Gasteiger partial charge in [-0.05, 0) is 43.5 Å². The first-order valence-corrected chi connectivity index (χ1v) is 5.77. The fourth-order valence-electron chi connectivity index (χ4n) is 1.33. The molecule has 0 spiro atoms. The molecule has 0 saturated carbocycles. The van der Waals surface area contributed by atoms with Crippen molar-refractivity contribution in [2.45, 2.75) is 26.2 Å². The smallest absolute Gasteiger partial charge is 0.120 e. The molecular weight excluding hydrogens is 210 g/mol. The molecule has 84 valence electrons. The number of halogens is 1. The molecule has 2 N–H and O–H groups in total. The van der Waals surface area contributed by atoms with E-state index in [4.69, 9.17) is 22.1 Å². The van der Waals surface area contributed by atoms with Crippen LogP contribution in [0.1, 0.15) is 25.3 Å². The molecule has 0 atom stereocenters. The molecule has 0 radical (unpaired) electrons. The number of nitrogens with two attached hydrogens (primary N) is 1. The van der Waals surface area contributed by atoms with E-state index in [0.717, 1.165) is 42.2 Å². The lowest BCUT2D eigenvalue weighted by atomic mass is 10.1. The maximum Gasteiger partial charge on any atom is 0.120 e. The van der Waals surface area contributed by atoms with E-state index in [1.807, 2.05) is 18.2 Å². The maximum atomic E-state index is 6.12. The van der Waals surface area contributed by atoms with Crippen LogP contribution >= 0.6 is 11.6 Å². The SMILES string of the molecule is CCCOc1ccc(CCCN)c(Cl)c1. The van der Waals surface area contributed by atoms with Gasteiger partial charge < -0.3 is 10.5 Å². The molecule has 0 aromatic heterocycles. The number of aryl methyl sites for hydroxylation is 1. The van der Waals surface area contributed by atoms with Crippen molar-refractivity contribution in [1.82, 2.24) is 0 Å². The van der Waals surface area contributed by atoms with Gasteiger partial charge in [0, 0.05) is 5.02 Å². The van der Waals surface area contributed by atoms with E-state index in [1.54, 1.807) is 0 Å². The van der Waals surface area contributed by atoms with Crippen molar-refractivity contribution >= 4 is 11.6 Å². The number of benzene rings is 1. The van der Waals surface area contributed by atoms with Crippen LogP contribution in [0, 0.1) is 0 Å². The Morgan fingerprint density at radius 3 is 2.80 bits per heavy atom. The van der Waals surface area contributed by atoms with Crippen LogP contribution in [0.2, 0.25) is 5.02 Å². The van der Waals surface area contributed by atoms with E-state index in [-0.39, 0.29) is 0 Å². The van der Waals surface area contributed by atoms with Crippen molar-refractivity contribution in [2.24, 2.45) is 5.73 Å². The van der Waals surface area contributed by atoms with Gasteiger partial charge in [-0.3, -0.25) is 0 Å². The Morgan fingerprint density at radius 2 is 2.20 bits per heavy atom. The van der Waals surface area contributed by atoms with E-state index in [0.29, 0.717) is 6.54 Å². The zero-order valence-corrected chi connectivity index (χ0v) is 9.89. The molecule has 0 saturated heterocycles. The largest absolute Gasteiger partial charge is 0.494 e. The van der Waals surface area contributed by atoms with Gasteiger partial charge in [-0.25, -0.2) is 0 Å². The lowest BCUT2D eigenvalue weighted by Gasteiger charge is -2.08. The Morgan fingerprint density at radius 1 is 1.40 bits per heavy atom. The Hall–Kier alpha value is -0.730. The molecule has 1 aromatic rings. The van der Waals surface area contributed by atoms with E-state index in [1.165, 1.54) is 0 Å². The molecule has 0 fully saturated rings. The second-order valence-corrected chi connectivity index (χ2v) is 3.90. The van der Waals surface area contributed by atoms with Crippen molar-refractivity contribution < 1.29 is 4.74 Å². The van der Waals surface area contributed by atoms with Crippen molar-refractivity contribution in [3.05, 3.63) is 28.8 Å². The molecule has 0 aliphatic heterocycles. The third-order valence-corrected chi connectivity index (χ3v) is 2.50. The average Bonchev–Trinajstić information content (AvgIpc) is 2.25. The molecule has 0 amide bonds. The van der Waals surface area contributed by atoms with Crippen LogP contribution in [0.15, 0.2) is 18.2 Å². The molecular formula is C12H18ClNO. The zero-order valence-electron chi connectivity index (χ0n) is 9.13. The quantitative estimate of drug-likeness (QED) is 0.811. The molecule has 0 aliphatic rings. The molecule has 1 rings (SSSR count). The predicted molar refractivity (Wildman–Crippen MR) is 64.6 cm³/mol. The summed E-state index contributed by atoms with van der Waals surface area (Å²) in [5.41, 5.74) is 6.60. The van der Waals surface area contributed by atoms with Crippen LogP contribution in [-0.4, -0.2) is 13.2 Å². The lowest BCUT2D eigenvalue weighted by Crippen LogP contribution is -2.01. The highest BCUT2D eigenvalue weighted by atomic mass is 35.5. The van der Waals surface area contributed by atoms with Gasteiger partial charge in [-0.15, -0.1) is 0 Å². The minimum Gasteiger partial charge on any atom is -0.494 e. The molecule has 0 heterocycles. The predicted octanol–water partition coefficient (Wildman–Crippen LogP) is 3.02. The third kappa shape index (κ3) is 4.10. The molecule has 1 aromatic carbocycles. The molecule has 0 unspecified atom stereocenters. The number of ether oxygens (including phenoxy) is 1. The topological polar surface area (TPSA) is 35.2 Å². The summed E-state index contributed by atoms with van der Waals surface area (Å²) in [5, 5.41) is 0.775. The number of hydrogen-bond acceptors (Lipinski definition) is 2. The average molecular weight is 228 g/mol. The van der Waals surface area contributed by atoms with Crippen molar-refractivity contribution in [1.29, 1.82) is 0 Å². The van der Waals surface area contributed by atoms with Gasteiger partial charge in [0.25, 0.3) is 0 Å². The number of hydrogen-bond donors (Lipinski definition) is 1. The van der Waals surface area contributed by atoms with E-state index < -0.39 is 0 Å². The summed E-state index contributed by atoms with van der Waals surface area (Å²) < 4.78 is 5.49.